The van der Waals surface area contributed by atoms with E-state index < -0.39 is 30.3 Å². The van der Waals surface area contributed by atoms with E-state index >= 15 is 0 Å². The lowest BCUT2D eigenvalue weighted by atomic mass is 10.1. The van der Waals surface area contributed by atoms with Crippen molar-refractivity contribution in [2.24, 2.45) is 0 Å². The number of rotatable bonds is 5. The van der Waals surface area contributed by atoms with Gasteiger partial charge in [0.1, 0.15) is 6.54 Å². The molecule has 0 spiro atoms. The molecule has 1 saturated heterocycles. The van der Waals surface area contributed by atoms with Crippen molar-refractivity contribution in [1.82, 2.24) is 9.80 Å². The molecule has 0 aliphatic carbocycles. The van der Waals surface area contributed by atoms with Crippen LogP contribution >= 0.6 is 0 Å². The molecule has 1 fully saturated rings. The Morgan fingerprint density at radius 3 is 2.17 bits per heavy atom. The lowest BCUT2D eigenvalue weighted by Crippen LogP contribution is -2.39. The molecular formula is C16H19N3O4. The molecule has 1 aromatic rings. The Morgan fingerprint density at radius 2 is 1.61 bits per heavy atom. The van der Waals surface area contributed by atoms with Crippen LogP contribution in [0.15, 0.2) is 18.2 Å². The Balaban J connectivity index is 2.10. The van der Waals surface area contributed by atoms with E-state index in [-0.39, 0.29) is 6.54 Å². The maximum atomic E-state index is 12.1. The van der Waals surface area contributed by atoms with Gasteiger partial charge >= 0.3 is 17.8 Å². The number of urea groups is 1. The standard InChI is InChI=1S/C16H19N3O4/c1-4-8-18-14(21)15(22)19(16(18)23)9-12(20)17-13-10(2)6-5-7-11(13)3/h5-7H,4,8-9H2,1-3H3,(H,17,20). The number of aryl methyl sites for hydroxylation is 2. The number of hydrogen-bond donors (Lipinski definition) is 1. The van der Waals surface area contributed by atoms with Crippen LogP contribution in [0.1, 0.15) is 24.5 Å². The van der Waals surface area contributed by atoms with Crippen molar-refractivity contribution in [3.8, 4) is 0 Å². The normalized spacial score (nSPS) is 14.7. The molecule has 0 saturated carbocycles. The summed E-state index contributed by atoms with van der Waals surface area (Å²) in [6, 6.07) is 4.83. The van der Waals surface area contributed by atoms with Crippen molar-refractivity contribution in [1.29, 1.82) is 0 Å². The van der Waals surface area contributed by atoms with Crippen molar-refractivity contribution in [3.63, 3.8) is 0 Å². The molecule has 2 rings (SSSR count). The van der Waals surface area contributed by atoms with Crippen molar-refractivity contribution in [2.75, 3.05) is 18.4 Å². The Labute approximate surface area is 134 Å². The topological polar surface area (TPSA) is 86.8 Å². The van der Waals surface area contributed by atoms with E-state index in [1.54, 1.807) is 6.92 Å². The fourth-order valence-corrected chi connectivity index (χ4v) is 2.44. The van der Waals surface area contributed by atoms with E-state index in [0.29, 0.717) is 17.0 Å². The number of para-hydroxylation sites is 1. The van der Waals surface area contributed by atoms with Gasteiger partial charge in [-0.2, -0.15) is 0 Å². The minimum absolute atomic E-state index is 0.165. The third-order valence-corrected chi connectivity index (χ3v) is 3.63. The third-order valence-electron chi connectivity index (χ3n) is 3.63. The molecule has 1 N–H and O–H groups in total. The van der Waals surface area contributed by atoms with E-state index in [1.165, 1.54) is 0 Å². The molecule has 7 nitrogen and oxygen atoms in total. The second kappa shape index (κ2) is 6.60. The number of benzene rings is 1. The number of nitrogens with one attached hydrogen (secondary N) is 1. The van der Waals surface area contributed by atoms with Crippen LogP contribution in [0.3, 0.4) is 0 Å². The van der Waals surface area contributed by atoms with E-state index in [1.807, 2.05) is 32.0 Å². The summed E-state index contributed by atoms with van der Waals surface area (Å²) in [7, 11) is 0. The molecule has 0 aromatic heterocycles. The maximum Gasteiger partial charge on any atom is 0.334 e. The molecule has 7 heteroatoms. The fourth-order valence-electron chi connectivity index (χ4n) is 2.44. The van der Waals surface area contributed by atoms with Crippen molar-refractivity contribution in [3.05, 3.63) is 29.3 Å². The summed E-state index contributed by atoms with van der Waals surface area (Å²) in [6.07, 6.45) is 0.549. The molecule has 1 aliphatic heterocycles. The zero-order valence-electron chi connectivity index (χ0n) is 13.4. The first-order valence-corrected chi connectivity index (χ1v) is 7.40. The van der Waals surface area contributed by atoms with Gasteiger partial charge in [-0.15, -0.1) is 0 Å². The van der Waals surface area contributed by atoms with Gasteiger partial charge in [0.2, 0.25) is 5.91 Å². The van der Waals surface area contributed by atoms with Crippen LogP contribution in [0.4, 0.5) is 10.5 Å². The first-order valence-electron chi connectivity index (χ1n) is 7.40. The minimum atomic E-state index is -0.958. The minimum Gasteiger partial charge on any atom is -0.324 e. The van der Waals surface area contributed by atoms with E-state index in [2.05, 4.69) is 5.32 Å². The molecule has 122 valence electrons. The van der Waals surface area contributed by atoms with Gasteiger partial charge in [0.15, 0.2) is 0 Å². The van der Waals surface area contributed by atoms with Crippen LogP contribution in [0, 0.1) is 13.8 Å². The first-order chi connectivity index (χ1) is 10.9. The number of carbonyl (C=O) groups is 4. The Bertz CT molecular complexity index is 664. The molecule has 23 heavy (non-hydrogen) atoms. The van der Waals surface area contributed by atoms with Gasteiger partial charge in [-0.25, -0.2) is 9.69 Å². The predicted octanol–water partition coefficient (Wildman–Crippen LogP) is 1.44. The van der Waals surface area contributed by atoms with Crippen molar-refractivity contribution < 1.29 is 19.2 Å². The average molecular weight is 317 g/mol. The summed E-state index contributed by atoms with van der Waals surface area (Å²) in [5.41, 5.74) is 2.40. The first kappa shape index (κ1) is 16.7. The van der Waals surface area contributed by atoms with E-state index in [9.17, 15) is 19.2 Å². The van der Waals surface area contributed by atoms with Crippen molar-refractivity contribution in [2.45, 2.75) is 27.2 Å². The molecule has 1 aliphatic rings. The summed E-state index contributed by atoms with van der Waals surface area (Å²) < 4.78 is 0. The smallest absolute Gasteiger partial charge is 0.324 e. The number of amides is 5. The molecule has 0 radical (unpaired) electrons. The highest BCUT2D eigenvalue weighted by atomic mass is 16.2. The number of carbonyl (C=O) groups excluding carboxylic acids is 4. The molecule has 0 bridgehead atoms. The molecule has 5 amide bonds. The van der Waals surface area contributed by atoms with E-state index in [0.717, 1.165) is 16.0 Å². The van der Waals surface area contributed by atoms with Crippen molar-refractivity contribution >= 4 is 29.4 Å². The summed E-state index contributed by atoms with van der Waals surface area (Å²) in [5, 5.41) is 2.69. The maximum absolute atomic E-state index is 12.1. The van der Waals surface area contributed by atoms with Crippen LogP contribution in [0.5, 0.6) is 0 Å². The highest BCUT2D eigenvalue weighted by Crippen LogP contribution is 2.20. The lowest BCUT2D eigenvalue weighted by Gasteiger charge is -2.16. The molecule has 0 atom stereocenters. The van der Waals surface area contributed by atoms with Gasteiger partial charge in [-0.3, -0.25) is 19.3 Å². The SMILES string of the molecule is CCCN1C(=O)C(=O)N(CC(=O)Nc2c(C)cccc2C)C1=O. The Morgan fingerprint density at radius 1 is 1.04 bits per heavy atom. The van der Waals surface area contributed by atoms with Gasteiger partial charge in [0, 0.05) is 12.2 Å². The van der Waals surface area contributed by atoms with Gasteiger partial charge in [0.05, 0.1) is 0 Å². The predicted molar refractivity (Wildman–Crippen MR) is 83.7 cm³/mol. The van der Waals surface area contributed by atoms with Crippen LogP contribution in [-0.2, 0) is 14.4 Å². The summed E-state index contributed by atoms with van der Waals surface area (Å²) >= 11 is 0. The highest BCUT2D eigenvalue weighted by Gasteiger charge is 2.44. The zero-order chi connectivity index (χ0) is 17.1. The number of hydrogen-bond acceptors (Lipinski definition) is 4. The van der Waals surface area contributed by atoms with Gasteiger partial charge in [-0.05, 0) is 31.4 Å². The van der Waals surface area contributed by atoms with Crippen LogP contribution in [-0.4, -0.2) is 46.6 Å². The van der Waals surface area contributed by atoms with Gasteiger partial charge in [-0.1, -0.05) is 25.1 Å². The Hall–Kier alpha value is -2.70. The van der Waals surface area contributed by atoms with Gasteiger partial charge < -0.3 is 5.32 Å². The monoisotopic (exact) mass is 317 g/mol. The number of imide groups is 2. The Kier molecular flexibility index (Phi) is 4.78. The quantitative estimate of drug-likeness (QED) is 0.657. The molecule has 0 unspecified atom stereocenters. The fraction of sp³-hybridized carbons (Fsp3) is 0.375. The molecule has 1 heterocycles. The largest absolute Gasteiger partial charge is 0.334 e. The van der Waals surface area contributed by atoms with Gasteiger partial charge in [0.25, 0.3) is 0 Å². The van der Waals surface area contributed by atoms with Crippen LogP contribution < -0.4 is 5.32 Å². The molecule has 1 aromatic carbocycles. The van der Waals surface area contributed by atoms with E-state index in [4.69, 9.17) is 0 Å². The zero-order valence-corrected chi connectivity index (χ0v) is 13.4. The van der Waals surface area contributed by atoms with Crippen LogP contribution in [0.25, 0.3) is 0 Å². The second-order valence-corrected chi connectivity index (χ2v) is 5.45. The number of nitrogens with zero attached hydrogens (tertiary/aromatic N) is 2. The molecular weight excluding hydrogens is 298 g/mol. The lowest BCUT2D eigenvalue weighted by molar-refractivity contribution is -0.143. The summed E-state index contributed by atoms with van der Waals surface area (Å²) in [4.78, 5) is 49.4. The number of anilines is 1. The summed E-state index contributed by atoms with van der Waals surface area (Å²) in [6.45, 7) is 5.18. The summed E-state index contributed by atoms with van der Waals surface area (Å²) in [5.74, 6) is -2.35. The third kappa shape index (κ3) is 3.23. The van der Waals surface area contributed by atoms with Crippen LogP contribution in [0.2, 0.25) is 0 Å². The highest BCUT2D eigenvalue weighted by molar-refractivity contribution is 6.45. The second-order valence-electron chi connectivity index (χ2n) is 5.45. The average Bonchev–Trinajstić information content (AvgIpc) is 2.69.